The van der Waals surface area contributed by atoms with E-state index in [1.165, 1.54) is 0 Å². The van der Waals surface area contributed by atoms with Crippen LogP contribution in [-0.2, 0) is 4.79 Å². The number of benzene rings is 2. The lowest BCUT2D eigenvalue weighted by molar-refractivity contribution is -0.128. The maximum absolute atomic E-state index is 12.4. The molecule has 0 bridgehead atoms. The smallest absolute Gasteiger partial charge is 0.245 e. The van der Waals surface area contributed by atoms with Gasteiger partial charge in [0, 0.05) is 7.05 Å². The van der Waals surface area contributed by atoms with Crippen molar-refractivity contribution in [2.45, 2.75) is 12.2 Å². The molecule has 1 saturated heterocycles. The third kappa shape index (κ3) is 2.13. The summed E-state index contributed by atoms with van der Waals surface area (Å²) in [6.07, 6.45) is -0.0566. The number of amides is 1. The molecule has 0 radical (unpaired) electrons. The highest BCUT2D eigenvalue weighted by atomic mass is 16.2. The minimum absolute atomic E-state index is 0.0566. The lowest BCUT2D eigenvalue weighted by Gasteiger charge is -2.19. The minimum atomic E-state index is -0.253. The van der Waals surface area contributed by atoms with Gasteiger partial charge in [0.05, 0.1) is 0 Å². The molecule has 96 valence electrons. The third-order valence-electron chi connectivity index (χ3n) is 3.55. The third-order valence-corrected chi connectivity index (χ3v) is 3.55. The quantitative estimate of drug-likeness (QED) is 0.890. The molecule has 1 amide bonds. The molecular weight excluding hydrogens is 236 g/mol. The van der Waals surface area contributed by atoms with Crippen molar-refractivity contribution in [1.29, 1.82) is 0 Å². The molecule has 1 aliphatic rings. The second-order valence-electron chi connectivity index (χ2n) is 4.77. The van der Waals surface area contributed by atoms with E-state index < -0.39 is 0 Å². The van der Waals surface area contributed by atoms with Crippen LogP contribution >= 0.6 is 0 Å². The predicted octanol–water partition coefficient (Wildman–Crippen LogP) is 2.49. The summed E-state index contributed by atoms with van der Waals surface area (Å²) in [6.45, 7) is 0. The maximum Gasteiger partial charge on any atom is 0.245 e. The molecule has 1 heterocycles. The number of rotatable bonds is 2. The van der Waals surface area contributed by atoms with E-state index in [-0.39, 0.29) is 18.1 Å². The van der Waals surface area contributed by atoms with Crippen LogP contribution in [-0.4, -0.2) is 17.9 Å². The molecule has 2 aromatic rings. The molecule has 3 nitrogen and oxygen atoms in total. The standard InChI is InChI=1S/C16H16N2O/c1-18-15(13-10-6-3-7-11-13)17-14(16(18)19)12-8-4-2-5-9-12/h2-11,14-15,17H,1H3. The first-order chi connectivity index (χ1) is 9.27. The van der Waals surface area contributed by atoms with Crippen LogP contribution in [0.5, 0.6) is 0 Å². The summed E-state index contributed by atoms with van der Waals surface area (Å²) in [5.41, 5.74) is 2.12. The van der Waals surface area contributed by atoms with Crippen molar-refractivity contribution >= 4 is 5.91 Å². The van der Waals surface area contributed by atoms with E-state index >= 15 is 0 Å². The fraction of sp³-hybridized carbons (Fsp3) is 0.188. The monoisotopic (exact) mass is 252 g/mol. The Kier molecular flexibility index (Phi) is 3.05. The summed E-state index contributed by atoms with van der Waals surface area (Å²) in [5, 5.41) is 3.40. The number of nitrogens with zero attached hydrogens (tertiary/aromatic N) is 1. The lowest BCUT2D eigenvalue weighted by Crippen LogP contribution is -2.25. The minimum Gasteiger partial charge on any atom is -0.324 e. The highest BCUT2D eigenvalue weighted by Crippen LogP contribution is 2.30. The number of nitrogens with one attached hydrogen (secondary N) is 1. The molecule has 0 spiro atoms. The zero-order valence-electron chi connectivity index (χ0n) is 10.8. The second kappa shape index (κ2) is 4.86. The van der Waals surface area contributed by atoms with E-state index in [1.54, 1.807) is 4.90 Å². The van der Waals surface area contributed by atoms with Crippen molar-refractivity contribution in [3.05, 3.63) is 71.8 Å². The average Bonchev–Trinajstić information content (AvgIpc) is 2.77. The van der Waals surface area contributed by atoms with E-state index in [1.807, 2.05) is 67.7 Å². The van der Waals surface area contributed by atoms with Crippen molar-refractivity contribution in [2.24, 2.45) is 0 Å². The average molecular weight is 252 g/mol. The van der Waals surface area contributed by atoms with Crippen LogP contribution in [0.15, 0.2) is 60.7 Å². The van der Waals surface area contributed by atoms with Gasteiger partial charge in [-0.3, -0.25) is 10.1 Å². The van der Waals surface area contributed by atoms with Crippen LogP contribution in [0.25, 0.3) is 0 Å². The summed E-state index contributed by atoms with van der Waals surface area (Å²) >= 11 is 0. The number of carbonyl (C=O) groups excluding carboxylic acids is 1. The Hall–Kier alpha value is -2.13. The largest absolute Gasteiger partial charge is 0.324 e. The molecular formula is C16H16N2O. The molecule has 0 aromatic heterocycles. The van der Waals surface area contributed by atoms with E-state index in [0.29, 0.717) is 0 Å². The Labute approximate surface area is 112 Å². The van der Waals surface area contributed by atoms with Gasteiger partial charge in [0.1, 0.15) is 12.2 Å². The molecule has 3 rings (SSSR count). The fourth-order valence-corrected chi connectivity index (χ4v) is 2.51. The van der Waals surface area contributed by atoms with E-state index in [4.69, 9.17) is 0 Å². The van der Waals surface area contributed by atoms with Gasteiger partial charge in [0.2, 0.25) is 5.91 Å². The van der Waals surface area contributed by atoms with Crippen LogP contribution in [0.1, 0.15) is 23.3 Å². The predicted molar refractivity (Wildman–Crippen MR) is 74.3 cm³/mol. The Morgan fingerprint density at radius 3 is 2.00 bits per heavy atom. The number of likely N-dealkylation sites (N-methyl/N-ethyl adjacent to an activating group) is 1. The Bertz CT molecular complexity index is 568. The molecule has 1 aliphatic heterocycles. The molecule has 2 unspecified atom stereocenters. The molecule has 19 heavy (non-hydrogen) atoms. The Balaban J connectivity index is 1.90. The van der Waals surface area contributed by atoms with Crippen LogP contribution in [0.4, 0.5) is 0 Å². The molecule has 3 heteroatoms. The van der Waals surface area contributed by atoms with Gasteiger partial charge in [-0.1, -0.05) is 60.7 Å². The van der Waals surface area contributed by atoms with E-state index in [0.717, 1.165) is 11.1 Å². The highest BCUT2D eigenvalue weighted by molar-refractivity contribution is 5.85. The molecule has 1 N–H and O–H groups in total. The fourth-order valence-electron chi connectivity index (χ4n) is 2.51. The zero-order chi connectivity index (χ0) is 13.2. The molecule has 2 aromatic carbocycles. The van der Waals surface area contributed by atoms with Crippen molar-refractivity contribution in [3.63, 3.8) is 0 Å². The summed E-state index contributed by atoms with van der Waals surface area (Å²) < 4.78 is 0. The first-order valence-electron chi connectivity index (χ1n) is 6.40. The van der Waals surface area contributed by atoms with Gasteiger partial charge < -0.3 is 4.90 Å². The summed E-state index contributed by atoms with van der Waals surface area (Å²) in [4.78, 5) is 14.1. The maximum atomic E-state index is 12.4. The topological polar surface area (TPSA) is 32.3 Å². The number of carbonyl (C=O) groups is 1. The number of hydrogen-bond donors (Lipinski definition) is 1. The first kappa shape index (κ1) is 11.9. The molecule has 0 aliphatic carbocycles. The van der Waals surface area contributed by atoms with Crippen molar-refractivity contribution < 1.29 is 4.79 Å². The Morgan fingerprint density at radius 2 is 1.42 bits per heavy atom. The molecule has 2 atom stereocenters. The SMILES string of the molecule is CN1C(=O)C(c2ccccc2)NC1c1ccccc1. The van der Waals surface area contributed by atoms with Gasteiger partial charge in [0.15, 0.2) is 0 Å². The van der Waals surface area contributed by atoms with Gasteiger partial charge in [-0.25, -0.2) is 0 Å². The lowest BCUT2D eigenvalue weighted by atomic mass is 10.1. The number of hydrogen-bond acceptors (Lipinski definition) is 2. The van der Waals surface area contributed by atoms with Gasteiger partial charge in [0.25, 0.3) is 0 Å². The molecule has 1 fully saturated rings. The Morgan fingerprint density at radius 1 is 0.895 bits per heavy atom. The van der Waals surface area contributed by atoms with Gasteiger partial charge in [-0.05, 0) is 11.1 Å². The van der Waals surface area contributed by atoms with Crippen LogP contribution < -0.4 is 5.32 Å². The summed E-state index contributed by atoms with van der Waals surface area (Å²) in [5.74, 6) is 0.111. The van der Waals surface area contributed by atoms with Crippen molar-refractivity contribution in [1.82, 2.24) is 10.2 Å². The normalized spacial score (nSPS) is 22.8. The molecule has 0 saturated carbocycles. The van der Waals surface area contributed by atoms with Crippen LogP contribution in [0.3, 0.4) is 0 Å². The van der Waals surface area contributed by atoms with Gasteiger partial charge in [-0.15, -0.1) is 0 Å². The van der Waals surface area contributed by atoms with Crippen LogP contribution in [0, 0.1) is 0 Å². The van der Waals surface area contributed by atoms with Crippen molar-refractivity contribution in [3.8, 4) is 0 Å². The first-order valence-corrected chi connectivity index (χ1v) is 6.40. The van der Waals surface area contributed by atoms with Crippen molar-refractivity contribution in [2.75, 3.05) is 7.05 Å². The summed E-state index contributed by atoms with van der Waals surface area (Å²) in [7, 11) is 1.84. The zero-order valence-corrected chi connectivity index (χ0v) is 10.8. The highest BCUT2D eigenvalue weighted by Gasteiger charge is 2.37. The second-order valence-corrected chi connectivity index (χ2v) is 4.77. The van der Waals surface area contributed by atoms with E-state index in [2.05, 4.69) is 5.32 Å². The van der Waals surface area contributed by atoms with Crippen LogP contribution in [0.2, 0.25) is 0 Å². The van der Waals surface area contributed by atoms with Gasteiger partial charge >= 0.3 is 0 Å². The van der Waals surface area contributed by atoms with E-state index in [9.17, 15) is 4.79 Å². The van der Waals surface area contributed by atoms with Gasteiger partial charge in [-0.2, -0.15) is 0 Å². The summed E-state index contributed by atoms with van der Waals surface area (Å²) in [6, 6.07) is 19.6.